The van der Waals surface area contributed by atoms with E-state index in [0.717, 1.165) is 42.6 Å². The second kappa shape index (κ2) is 7.87. The predicted octanol–water partition coefficient (Wildman–Crippen LogP) is 4.47. The molecule has 3 fully saturated rings. The Morgan fingerprint density at radius 1 is 1.21 bits per heavy atom. The third-order valence-electron chi connectivity index (χ3n) is 8.35. The van der Waals surface area contributed by atoms with Gasteiger partial charge >= 0.3 is 6.03 Å². The third kappa shape index (κ3) is 3.70. The van der Waals surface area contributed by atoms with Crippen molar-refractivity contribution in [3.8, 4) is 11.1 Å². The molecule has 3 atom stereocenters. The summed E-state index contributed by atoms with van der Waals surface area (Å²) in [6, 6.07) is 9.58. The number of fused-ring (bicyclic) bond motifs is 1. The topological polar surface area (TPSA) is 74.5 Å². The second-order valence-corrected chi connectivity index (χ2v) is 10.8. The Kier molecular flexibility index (Phi) is 4.94. The van der Waals surface area contributed by atoms with Crippen LogP contribution >= 0.6 is 0 Å². The highest BCUT2D eigenvalue weighted by Crippen LogP contribution is 2.65. The zero-order valence-electron chi connectivity index (χ0n) is 19.3. The first-order valence-electron chi connectivity index (χ1n) is 12.2. The van der Waals surface area contributed by atoms with Crippen LogP contribution in [-0.2, 0) is 0 Å². The van der Waals surface area contributed by atoms with Gasteiger partial charge in [-0.25, -0.2) is 4.79 Å². The summed E-state index contributed by atoms with van der Waals surface area (Å²) in [7, 11) is 2.26. The van der Waals surface area contributed by atoms with Crippen molar-refractivity contribution >= 4 is 17.4 Å². The molecule has 6 nitrogen and oxygen atoms in total. The lowest BCUT2D eigenvalue weighted by molar-refractivity contribution is -0.00513. The van der Waals surface area contributed by atoms with E-state index in [1.807, 2.05) is 35.2 Å². The van der Waals surface area contributed by atoms with E-state index in [4.69, 9.17) is 5.73 Å². The van der Waals surface area contributed by atoms with Crippen LogP contribution in [0, 0.1) is 23.2 Å². The van der Waals surface area contributed by atoms with Crippen LogP contribution in [-0.4, -0.2) is 54.0 Å². The highest BCUT2D eigenvalue weighted by atomic mass is 16.2. The van der Waals surface area contributed by atoms with Crippen molar-refractivity contribution in [2.75, 3.05) is 44.3 Å². The number of urea groups is 1. The molecule has 5 aliphatic rings. The van der Waals surface area contributed by atoms with Gasteiger partial charge in [0.1, 0.15) is 0 Å². The van der Waals surface area contributed by atoms with Crippen LogP contribution in [0.4, 0.5) is 16.2 Å². The fourth-order valence-electron chi connectivity index (χ4n) is 6.98. The van der Waals surface area contributed by atoms with Gasteiger partial charge < -0.3 is 20.9 Å². The molecule has 7 rings (SSSR count). The number of hydrogen-bond donors (Lipinski definition) is 2. The highest BCUT2D eigenvalue weighted by Gasteiger charge is 2.56. The van der Waals surface area contributed by atoms with Crippen molar-refractivity contribution in [1.29, 1.82) is 0 Å². The summed E-state index contributed by atoms with van der Waals surface area (Å²) in [6.45, 7) is 3.86. The molecule has 6 heteroatoms. The molecule has 33 heavy (non-hydrogen) atoms. The van der Waals surface area contributed by atoms with E-state index in [2.05, 4.69) is 28.3 Å². The lowest BCUT2D eigenvalue weighted by Gasteiger charge is -2.62. The number of carbonyl (C=O) groups excluding carboxylic acids is 1. The van der Waals surface area contributed by atoms with Crippen LogP contribution in [0.25, 0.3) is 11.1 Å². The molecule has 1 aliphatic heterocycles. The summed E-state index contributed by atoms with van der Waals surface area (Å²) in [5.74, 6) is 2.38. The van der Waals surface area contributed by atoms with Gasteiger partial charge in [-0.2, -0.15) is 0 Å². The summed E-state index contributed by atoms with van der Waals surface area (Å²) < 4.78 is 0. The van der Waals surface area contributed by atoms with Gasteiger partial charge in [0, 0.05) is 49.9 Å². The number of nitrogens with one attached hydrogen (secondary N) is 1. The fourth-order valence-corrected chi connectivity index (χ4v) is 6.98. The molecule has 3 unspecified atom stereocenters. The summed E-state index contributed by atoms with van der Waals surface area (Å²) in [6.07, 6.45) is 11.7. The first-order chi connectivity index (χ1) is 16.0. The van der Waals surface area contributed by atoms with Gasteiger partial charge in [-0.15, -0.1) is 0 Å². The number of rotatable bonds is 6. The lowest BCUT2D eigenvalue weighted by atomic mass is 9.45. The molecule has 4 bridgehead atoms. The van der Waals surface area contributed by atoms with Gasteiger partial charge in [-0.3, -0.25) is 4.98 Å². The van der Waals surface area contributed by atoms with Gasteiger partial charge in [-0.1, -0.05) is 17.7 Å². The maximum Gasteiger partial charge on any atom is 0.321 e. The Bertz CT molecular complexity index is 1090. The number of hydrogen-bond acceptors (Lipinski definition) is 4. The van der Waals surface area contributed by atoms with Crippen LogP contribution in [0.3, 0.4) is 0 Å². The average Bonchev–Trinajstić information content (AvgIpc) is 2.77. The molecule has 1 aromatic carbocycles. The molecule has 172 valence electrons. The molecule has 2 saturated carbocycles. The molecular formula is C27H33N5O. The molecule has 0 spiro atoms. The standard InChI is InChI=1S/C27H33N5O/c1-31(17-27-12-18-2-4-23(27)22(10-18)13-27)14-19-15-32(16-19)26(33)30-25-11-21(3-5-24(25)28)20-6-8-29-9-7-20/h3-9,11,18-19,22H,2,10,12-17,28H2,1H3,(H,30,33). The number of anilines is 2. The van der Waals surface area contributed by atoms with Crippen LogP contribution in [0.2, 0.25) is 0 Å². The van der Waals surface area contributed by atoms with E-state index < -0.39 is 0 Å². The smallest absolute Gasteiger partial charge is 0.321 e. The molecule has 2 amide bonds. The van der Waals surface area contributed by atoms with Crippen LogP contribution < -0.4 is 11.1 Å². The van der Waals surface area contributed by atoms with Gasteiger partial charge in [-0.05, 0) is 80.0 Å². The number of amides is 2. The molecule has 4 aliphatic carbocycles. The number of likely N-dealkylation sites (tertiary alicyclic amines) is 1. The summed E-state index contributed by atoms with van der Waals surface area (Å²) >= 11 is 0. The van der Waals surface area contributed by atoms with E-state index in [-0.39, 0.29) is 6.03 Å². The van der Waals surface area contributed by atoms with Crippen molar-refractivity contribution in [2.45, 2.75) is 25.7 Å². The van der Waals surface area contributed by atoms with Crippen molar-refractivity contribution < 1.29 is 4.79 Å². The number of pyridine rings is 1. The number of nitrogen functional groups attached to an aromatic ring is 1. The van der Waals surface area contributed by atoms with Crippen LogP contribution in [0.5, 0.6) is 0 Å². The summed E-state index contributed by atoms with van der Waals surface area (Å²) in [5.41, 5.74) is 11.7. The third-order valence-corrected chi connectivity index (χ3v) is 8.35. The van der Waals surface area contributed by atoms with Crippen LogP contribution in [0.15, 0.2) is 54.4 Å². The Hall–Kier alpha value is -2.86. The minimum Gasteiger partial charge on any atom is -0.397 e. The van der Waals surface area contributed by atoms with Gasteiger partial charge in [0.15, 0.2) is 0 Å². The first kappa shape index (κ1) is 20.7. The number of benzene rings is 1. The van der Waals surface area contributed by atoms with Crippen LogP contribution in [0.1, 0.15) is 25.7 Å². The zero-order valence-corrected chi connectivity index (χ0v) is 19.3. The normalized spacial score (nSPS) is 27.7. The maximum atomic E-state index is 12.8. The summed E-state index contributed by atoms with van der Waals surface area (Å²) in [4.78, 5) is 21.3. The van der Waals surface area contributed by atoms with E-state index in [1.54, 1.807) is 18.0 Å². The Balaban J connectivity index is 1.01. The molecule has 2 aromatic rings. The molecular weight excluding hydrogens is 410 g/mol. The number of carbonyl (C=O) groups is 1. The fraction of sp³-hybridized carbons (Fsp3) is 0.481. The Morgan fingerprint density at radius 3 is 2.76 bits per heavy atom. The second-order valence-electron chi connectivity index (χ2n) is 10.8. The minimum atomic E-state index is -0.0670. The van der Waals surface area contributed by atoms with E-state index in [0.29, 0.717) is 22.7 Å². The van der Waals surface area contributed by atoms with Gasteiger partial charge in [0.25, 0.3) is 0 Å². The average molecular weight is 444 g/mol. The largest absolute Gasteiger partial charge is 0.397 e. The number of allylic oxidation sites excluding steroid dienone is 1. The zero-order chi connectivity index (χ0) is 22.6. The Morgan fingerprint density at radius 2 is 2.03 bits per heavy atom. The highest BCUT2D eigenvalue weighted by molar-refractivity contribution is 5.94. The molecule has 1 aromatic heterocycles. The molecule has 3 N–H and O–H groups in total. The first-order valence-corrected chi connectivity index (χ1v) is 12.2. The van der Waals surface area contributed by atoms with E-state index in [1.165, 1.54) is 32.2 Å². The van der Waals surface area contributed by atoms with Crippen molar-refractivity contribution in [3.05, 3.63) is 54.4 Å². The number of aromatic nitrogens is 1. The van der Waals surface area contributed by atoms with Crippen molar-refractivity contribution in [3.63, 3.8) is 0 Å². The van der Waals surface area contributed by atoms with E-state index >= 15 is 0 Å². The lowest BCUT2D eigenvalue weighted by Crippen LogP contribution is -2.58. The number of nitrogens with two attached hydrogens (primary N) is 1. The minimum absolute atomic E-state index is 0.0670. The molecule has 2 heterocycles. The maximum absolute atomic E-state index is 12.8. The monoisotopic (exact) mass is 443 g/mol. The molecule has 0 radical (unpaired) electrons. The molecule has 1 saturated heterocycles. The van der Waals surface area contributed by atoms with Crippen molar-refractivity contribution in [2.24, 2.45) is 23.2 Å². The quantitative estimate of drug-likeness (QED) is 0.510. The summed E-state index contributed by atoms with van der Waals surface area (Å²) in [5, 5.41) is 3.02. The van der Waals surface area contributed by atoms with E-state index in [9.17, 15) is 4.79 Å². The predicted molar refractivity (Wildman–Crippen MR) is 132 cm³/mol. The van der Waals surface area contributed by atoms with Gasteiger partial charge in [0.05, 0.1) is 11.4 Å². The van der Waals surface area contributed by atoms with Crippen molar-refractivity contribution in [1.82, 2.24) is 14.8 Å². The van der Waals surface area contributed by atoms with Gasteiger partial charge in [0.2, 0.25) is 0 Å². The SMILES string of the molecule is CN(CC1CN(C(=O)Nc2cc(-c3ccncc3)ccc2N)C1)CC12CC3CC=C1C(C3)C2. The Labute approximate surface area is 195 Å². The number of nitrogens with zero attached hydrogens (tertiary/aromatic N) is 3.